The van der Waals surface area contributed by atoms with Crippen molar-refractivity contribution in [1.29, 1.82) is 0 Å². The number of benzene rings is 1. The predicted octanol–water partition coefficient (Wildman–Crippen LogP) is 5.51. The Balaban J connectivity index is 2.61. The van der Waals surface area contributed by atoms with Gasteiger partial charge in [0.05, 0.1) is 6.54 Å². The van der Waals surface area contributed by atoms with Crippen LogP contribution in [0.15, 0.2) is 12.1 Å². The first-order chi connectivity index (χ1) is 12.2. The molecular weight excluding hydrogens is 375 g/mol. The van der Waals surface area contributed by atoms with Gasteiger partial charge in [0.1, 0.15) is 5.69 Å². The van der Waals surface area contributed by atoms with Crippen molar-refractivity contribution >= 4 is 20.0 Å². The highest BCUT2D eigenvalue weighted by atomic mass is 28.4. The van der Waals surface area contributed by atoms with Crippen LogP contribution in [0.2, 0.25) is 18.1 Å². The maximum Gasteiger partial charge on any atom is 0.381 e. The van der Waals surface area contributed by atoms with Crippen LogP contribution in [0.25, 0.3) is 0 Å². The Kier molecular flexibility index (Phi) is 8.48. The molecule has 0 N–H and O–H groups in total. The summed E-state index contributed by atoms with van der Waals surface area (Å²) in [5.41, 5.74) is -1.20. The number of rotatable bonds is 9. The SMILES string of the molecule is CC[Si](CC)(CCCCN(F)C(=O)N(F)c1ccc(F)c(F)c1F)OC. The maximum atomic E-state index is 13.9. The molecule has 0 aromatic heterocycles. The van der Waals surface area contributed by atoms with E-state index in [0.29, 0.717) is 18.6 Å². The van der Waals surface area contributed by atoms with Gasteiger partial charge in [0.15, 0.2) is 25.8 Å². The van der Waals surface area contributed by atoms with Gasteiger partial charge < -0.3 is 4.43 Å². The Morgan fingerprint density at radius 2 is 1.69 bits per heavy atom. The molecule has 2 amide bonds. The van der Waals surface area contributed by atoms with Crippen molar-refractivity contribution in [3.05, 3.63) is 29.6 Å². The Hall–Kier alpha value is -1.68. The van der Waals surface area contributed by atoms with Crippen LogP contribution in [-0.2, 0) is 4.43 Å². The van der Waals surface area contributed by atoms with Crippen LogP contribution in [0.3, 0.4) is 0 Å². The zero-order chi connectivity index (χ0) is 19.9. The molecule has 148 valence electrons. The molecule has 4 nitrogen and oxygen atoms in total. The summed E-state index contributed by atoms with van der Waals surface area (Å²) in [5, 5.41) is -1.31. The van der Waals surface area contributed by atoms with E-state index >= 15 is 0 Å². The Labute approximate surface area is 150 Å². The van der Waals surface area contributed by atoms with Gasteiger partial charge in [0.2, 0.25) is 0 Å². The summed E-state index contributed by atoms with van der Waals surface area (Å²) >= 11 is 0. The molecule has 10 heteroatoms. The fourth-order valence-corrected chi connectivity index (χ4v) is 5.54. The average molecular weight is 398 g/mol. The quantitative estimate of drug-likeness (QED) is 0.181. The number of anilines is 1. The van der Waals surface area contributed by atoms with Gasteiger partial charge in [0, 0.05) is 7.11 Å². The van der Waals surface area contributed by atoms with Crippen molar-refractivity contribution in [3.8, 4) is 0 Å². The van der Waals surface area contributed by atoms with E-state index < -0.39 is 54.3 Å². The molecule has 0 radical (unpaired) electrons. The summed E-state index contributed by atoms with van der Waals surface area (Å²) in [6, 6.07) is 1.74. The van der Waals surface area contributed by atoms with Crippen LogP contribution in [-0.4, -0.2) is 33.1 Å². The van der Waals surface area contributed by atoms with Gasteiger partial charge in [-0.15, -0.1) is 5.12 Å². The fourth-order valence-electron chi connectivity index (χ4n) is 2.65. The molecule has 0 aliphatic carbocycles. The van der Waals surface area contributed by atoms with E-state index in [-0.39, 0.29) is 6.42 Å². The molecule has 0 heterocycles. The zero-order valence-electron chi connectivity index (χ0n) is 15.0. The van der Waals surface area contributed by atoms with Crippen molar-refractivity contribution in [1.82, 2.24) is 5.12 Å². The molecule has 0 aliphatic heterocycles. The smallest absolute Gasteiger partial charge is 0.381 e. The lowest BCUT2D eigenvalue weighted by molar-refractivity contribution is 0.0620. The molecule has 1 aromatic carbocycles. The van der Waals surface area contributed by atoms with Gasteiger partial charge in [-0.2, -0.15) is 5.12 Å². The van der Waals surface area contributed by atoms with E-state index in [2.05, 4.69) is 0 Å². The second-order valence-corrected chi connectivity index (χ2v) is 10.6. The number of carbonyl (C=O) groups excluding carboxylic acids is 1. The lowest BCUT2D eigenvalue weighted by atomic mass is 10.3. The Bertz CT molecular complexity index is 608. The van der Waals surface area contributed by atoms with E-state index in [9.17, 15) is 26.9 Å². The standard InChI is InChI=1S/C16H23F5N2O2Si/c1-4-26(5-2,25-3)11-7-6-10-22(20)16(24)23(21)13-9-8-12(17)14(18)15(13)19/h8-9H,4-7,10-11H2,1-3H3. The summed E-state index contributed by atoms with van der Waals surface area (Å²) in [5.74, 6) is -5.39. The first-order valence-corrected chi connectivity index (χ1v) is 10.9. The number of carbonyl (C=O) groups is 1. The van der Waals surface area contributed by atoms with E-state index in [4.69, 9.17) is 4.43 Å². The van der Waals surface area contributed by atoms with Gasteiger partial charge in [0.25, 0.3) is 0 Å². The van der Waals surface area contributed by atoms with Crippen LogP contribution in [0.1, 0.15) is 26.7 Å². The van der Waals surface area contributed by atoms with Gasteiger partial charge in [-0.05, 0) is 36.7 Å². The van der Waals surface area contributed by atoms with Crippen LogP contribution in [0.4, 0.5) is 32.6 Å². The van der Waals surface area contributed by atoms with Gasteiger partial charge in [-0.1, -0.05) is 29.2 Å². The van der Waals surface area contributed by atoms with E-state index in [0.717, 1.165) is 18.1 Å². The number of hydrogen-bond acceptors (Lipinski definition) is 2. The van der Waals surface area contributed by atoms with Crippen LogP contribution in [0.5, 0.6) is 0 Å². The van der Waals surface area contributed by atoms with Gasteiger partial charge in [-0.25, -0.2) is 18.0 Å². The molecule has 0 aliphatic rings. The van der Waals surface area contributed by atoms with Crippen molar-refractivity contribution in [3.63, 3.8) is 0 Å². The highest BCUT2D eigenvalue weighted by molar-refractivity contribution is 6.73. The molecule has 0 saturated carbocycles. The molecule has 0 saturated heterocycles. The van der Waals surface area contributed by atoms with Gasteiger partial charge >= 0.3 is 6.03 Å². The first-order valence-electron chi connectivity index (χ1n) is 8.34. The average Bonchev–Trinajstić information content (AvgIpc) is 2.65. The summed E-state index contributed by atoms with van der Waals surface area (Å²) in [6.45, 7) is 3.65. The van der Waals surface area contributed by atoms with Crippen LogP contribution < -0.4 is 5.12 Å². The third-order valence-electron chi connectivity index (χ3n) is 4.56. The number of unbranched alkanes of at least 4 members (excludes halogenated alkanes) is 1. The predicted molar refractivity (Wildman–Crippen MR) is 90.9 cm³/mol. The Morgan fingerprint density at radius 1 is 1.08 bits per heavy atom. The molecule has 0 atom stereocenters. The third kappa shape index (κ3) is 5.16. The van der Waals surface area contributed by atoms with Crippen molar-refractivity contribution in [2.75, 3.05) is 18.8 Å². The fraction of sp³-hybridized carbons (Fsp3) is 0.562. The minimum absolute atomic E-state index is 0.258. The number of urea groups is 1. The Morgan fingerprint density at radius 3 is 2.23 bits per heavy atom. The summed E-state index contributed by atoms with van der Waals surface area (Å²) in [4.78, 5) is 11.7. The lowest BCUT2D eigenvalue weighted by Gasteiger charge is -2.27. The van der Waals surface area contributed by atoms with E-state index in [1.54, 1.807) is 7.11 Å². The normalized spacial score (nSPS) is 11.5. The molecule has 26 heavy (non-hydrogen) atoms. The molecule has 0 fully saturated rings. The minimum Gasteiger partial charge on any atom is -0.420 e. The molecule has 1 rings (SSSR count). The first kappa shape index (κ1) is 22.4. The zero-order valence-corrected chi connectivity index (χ0v) is 16.0. The topological polar surface area (TPSA) is 32.8 Å². The van der Waals surface area contributed by atoms with E-state index in [1.807, 2.05) is 13.8 Å². The van der Waals surface area contributed by atoms with Crippen LogP contribution in [0, 0.1) is 17.5 Å². The van der Waals surface area contributed by atoms with Crippen molar-refractivity contribution in [2.24, 2.45) is 0 Å². The summed E-state index contributed by atoms with van der Waals surface area (Å²) in [6.07, 6.45) is 0.843. The number of hydrogen-bond donors (Lipinski definition) is 0. The second-order valence-electron chi connectivity index (χ2n) is 5.89. The largest absolute Gasteiger partial charge is 0.420 e. The minimum atomic E-state index is -1.94. The maximum absolute atomic E-state index is 13.9. The lowest BCUT2D eigenvalue weighted by Crippen LogP contribution is -2.36. The number of halogens is 5. The van der Waals surface area contributed by atoms with Gasteiger partial charge in [-0.3, -0.25) is 0 Å². The number of amides is 2. The third-order valence-corrected chi connectivity index (χ3v) is 9.27. The summed E-state index contributed by atoms with van der Waals surface area (Å²) in [7, 11) is -0.193. The van der Waals surface area contributed by atoms with Crippen LogP contribution >= 0.6 is 0 Å². The number of nitrogens with zero attached hydrogens (tertiary/aromatic N) is 2. The summed E-state index contributed by atoms with van der Waals surface area (Å²) < 4.78 is 72.7. The second kappa shape index (κ2) is 9.86. The van der Waals surface area contributed by atoms with E-state index in [1.165, 1.54) is 0 Å². The molecule has 1 aromatic rings. The molecule has 0 spiro atoms. The molecular formula is C16H23F5N2O2Si. The molecule has 0 bridgehead atoms. The monoisotopic (exact) mass is 398 g/mol. The highest BCUT2D eigenvalue weighted by Crippen LogP contribution is 2.26. The van der Waals surface area contributed by atoms with Crippen molar-refractivity contribution in [2.45, 2.75) is 44.8 Å². The highest BCUT2D eigenvalue weighted by Gasteiger charge is 2.30. The molecule has 0 unspecified atom stereocenters. The van der Waals surface area contributed by atoms with Crippen molar-refractivity contribution < 1.29 is 31.4 Å².